The zero-order valence-corrected chi connectivity index (χ0v) is 29.1. The van der Waals surface area contributed by atoms with Gasteiger partial charge in [-0.2, -0.15) is 0 Å². The van der Waals surface area contributed by atoms with Crippen molar-refractivity contribution in [3.8, 4) is 33.9 Å². The average Bonchev–Trinajstić information content (AvgIpc) is 3.59. The van der Waals surface area contributed by atoms with Crippen LogP contribution in [0, 0.1) is 0 Å². The molecule has 0 atom stereocenters. The molecule has 0 N–H and O–H groups in total. The van der Waals surface area contributed by atoms with Gasteiger partial charge in [0.2, 0.25) is 0 Å². The lowest BCUT2D eigenvalue weighted by Crippen LogP contribution is -2.74. The van der Waals surface area contributed by atoms with Crippen molar-refractivity contribution in [3.63, 3.8) is 0 Å². The number of thiophene rings is 1. The first-order valence-corrected chi connectivity index (χ1v) is 19.7. The molecule has 2 heterocycles. The van der Waals surface area contributed by atoms with Crippen LogP contribution >= 0.6 is 11.3 Å². The molecule has 0 fully saturated rings. The summed E-state index contributed by atoms with van der Waals surface area (Å²) < 4.78 is 2.67. The van der Waals surface area contributed by atoms with Gasteiger partial charge in [-0.15, -0.1) is 11.3 Å². The fraction of sp³-hybridized carbons (Fsp3) is 0. The fourth-order valence-electron chi connectivity index (χ4n) is 7.37. The van der Waals surface area contributed by atoms with Gasteiger partial charge in [0.05, 0.1) is 11.4 Å². The molecule has 0 spiro atoms. The van der Waals surface area contributed by atoms with Gasteiger partial charge in [-0.05, 0) is 32.9 Å². The first-order chi connectivity index (χ1) is 24.8. The SMILES string of the molecule is c1ccc(-c2cc(-c3ccccc3)nc(-c3cccc([Si](c4ccccc4)(c4ccccc4)c4cccc5c4sc4ccccc45)c3)n2)cc1. The van der Waals surface area contributed by atoms with Gasteiger partial charge in [-0.25, -0.2) is 9.97 Å². The third-order valence-electron chi connectivity index (χ3n) is 9.64. The predicted octanol–water partition coefficient (Wildman–Crippen LogP) is 9.22. The molecule has 9 rings (SSSR count). The van der Waals surface area contributed by atoms with Gasteiger partial charge in [-0.3, -0.25) is 0 Å². The van der Waals surface area contributed by atoms with E-state index >= 15 is 0 Å². The zero-order valence-electron chi connectivity index (χ0n) is 27.3. The largest absolute Gasteiger partial charge is 0.228 e. The number of rotatable bonds is 7. The lowest BCUT2D eigenvalue weighted by molar-refractivity contribution is 1.18. The number of fused-ring (bicyclic) bond motifs is 3. The Morgan fingerprint density at radius 2 is 0.860 bits per heavy atom. The minimum atomic E-state index is -2.89. The lowest BCUT2D eigenvalue weighted by Gasteiger charge is -2.35. The summed E-state index contributed by atoms with van der Waals surface area (Å²) in [6.45, 7) is 0. The molecule has 0 aliphatic rings. The quantitative estimate of drug-likeness (QED) is 0.125. The molecule has 0 bridgehead atoms. The Kier molecular flexibility index (Phi) is 7.73. The molecule has 0 unspecified atom stereocenters. The topological polar surface area (TPSA) is 25.8 Å². The van der Waals surface area contributed by atoms with Crippen LogP contribution in [0.4, 0.5) is 0 Å². The number of nitrogens with zero attached hydrogens (tertiary/aromatic N) is 2. The van der Waals surface area contributed by atoms with Crippen LogP contribution in [0.15, 0.2) is 194 Å². The van der Waals surface area contributed by atoms with E-state index < -0.39 is 8.07 Å². The van der Waals surface area contributed by atoms with E-state index in [1.54, 1.807) is 0 Å². The van der Waals surface area contributed by atoms with Gasteiger partial charge in [0.15, 0.2) is 13.9 Å². The minimum absolute atomic E-state index is 0.719. The zero-order chi connectivity index (χ0) is 33.3. The first-order valence-electron chi connectivity index (χ1n) is 16.9. The summed E-state index contributed by atoms with van der Waals surface area (Å²) >= 11 is 1.91. The van der Waals surface area contributed by atoms with E-state index in [-0.39, 0.29) is 0 Å². The highest BCUT2D eigenvalue weighted by Gasteiger charge is 2.43. The van der Waals surface area contributed by atoms with Gasteiger partial charge in [0.1, 0.15) is 0 Å². The fourth-order valence-corrected chi connectivity index (χ4v) is 14.0. The Balaban J connectivity index is 1.34. The van der Waals surface area contributed by atoms with Gasteiger partial charge < -0.3 is 0 Å². The maximum absolute atomic E-state index is 5.23. The van der Waals surface area contributed by atoms with Gasteiger partial charge in [-0.1, -0.05) is 182 Å². The molecule has 236 valence electrons. The molecule has 9 aromatic rings. The van der Waals surface area contributed by atoms with E-state index in [1.165, 1.54) is 40.9 Å². The van der Waals surface area contributed by atoms with Crippen LogP contribution in [0.5, 0.6) is 0 Å². The van der Waals surface area contributed by atoms with Crippen molar-refractivity contribution in [2.75, 3.05) is 0 Å². The molecule has 0 radical (unpaired) electrons. The normalized spacial score (nSPS) is 11.6. The molecule has 0 saturated carbocycles. The molecule has 4 heteroatoms. The van der Waals surface area contributed by atoms with Gasteiger partial charge in [0, 0.05) is 36.9 Å². The molecule has 0 aliphatic carbocycles. The maximum atomic E-state index is 5.23. The Hall–Kier alpha value is -5.94. The van der Waals surface area contributed by atoms with Crippen LogP contribution < -0.4 is 20.7 Å². The van der Waals surface area contributed by atoms with E-state index in [1.807, 2.05) is 23.5 Å². The molecule has 0 amide bonds. The summed E-state index contributed by atoms with van der Waals surface area (Å²) in [6.07, 6.45) is 0. The third-order valence-corrected chi connectivity index (χ3v) is 15.8. The van der Waals surface area contributed by atoms with Crippen LogP contribution in [0.25, 0.3) is 54.1 Å². The average molecular weight is 673 g/mol. The van der Waals surface area contributed by atoms with Crippen LogP contribution in [0.3, 0.4) is 0 Å². The number of hydrogen-bond acceptors (Lipinski definition) is 3. The number of benzene rings is 7. The monoisotopic (exact) mass is 672 g/mol. The van der Waals surface area contributed by atoms with Crippen LogP contribution in [-0.2, 0) is 0 Å². The smallest absolute Gasteiger partial charge is 0.181 e. The Morgan fingerprint density at radius 3 is 1.48 bits per heavy atom. The van der Waals surface area contributed by atoms with Crippen molar-refractivity contribution in [3.05, 3.63) is 194 Å². The van der Waals surface area contributed by atoms with Crippen molar-refractivity contribution in [1.82, 2.24) is 9.97 Å². The molecule has 2 nitrogen and oxygen atoms in total. The maximum Gasteiger partial charge on any atom is 0.181 e. The van der Waals surface area contributed by atoms with E-state index in [0.29, 0.717) is 0 Å². The van der Waals surface area contributed by atoms with Crippen LogP contribution in [0.2, 0.25) is 0 Å². The van der Waals surface area contributed by atoms with Crippen molar-refractivity contribution in [2.24, 2.45) is 0 Å². The summed E-state index contributed by atoms with van der Waals surface area (Å²) in [4.78, 5) is 10.5. The van der Waals surface area contributed by atoms with Gasteiger partial charge >= 0.3 is 0 Å². The molecule has 0 saturated heterocycles. The summed E-state index contributed by atoms with van der Waals surface area (Å²) in [7, 11) is -2.89. The van der Waals surface area contributed by atoms with Crippen molar-refractivity contribution in [2.45, 2.75) is 0 Å². The molecule has 2 aromatic heterocycles. The van der Waals surface area contributed by atoms with E-state index in [2.05, 4.69) is 182 Å². The van der Waals surface area contributed by atoms with Crippen molar-refractivity contribution < 1.29 is 0 Å². The van der Waals surface area contributed by atoms with Gasteiger partial charge in [0.25, 0.3) is 0 Å². The van der Waals surface area contributed by atoms with Crippen LogP contribution in [-0.4, -0.2) is 18.0 Å². The summed E-state index contributed by atoms with van der Waals surface area (Å²) in [5.41, 5.74) is 4.95. The molecule has 0 aliphatic heterocycles. The highest BCUT2D eigenvalue weighted by molar-refractivity contribution is 7.30. The van der Waals surface area contributed by atoms with Crippen molar-refractivity contribution in [1.29, 1.82) is 0 Å². The van der Waals surface area contributed by atoms with E-state index in [9.17, 15) is 0 Å². The Labute approximate surface area is 297 Å². The second-order valence-electron chi connectivity index (χ2n) is 12.5. The molecular formula is C46H32N2SSi. The predicted molar refractivity (Wildman–Crippen MR) is 215 cm³/mol. The summed E-state index contributed by atoms with van der Waals surface area (Å²) in [5.74, 6) is 0.719. The highest BCUT2D eigenvalue weighted by Crippen LogP contribution is 2.34. The molecule has 50 heavy (non-hydrogen) atoms. The Bertz CT molecular complexity index is 2490. The van der Waals surface area contributed by atoms with E-state index in [4.69, 9.17) is 9.97 Å². The highest BCUT2D eigenvalue weighted by atomic mass is 32.1. The number of aromatic nitrogens is 2. The first kappa shape index (κ1) is 30.1. The van der Waals surface area contributed by atoms with Crippen molar-refractivity contribution >= 4 is 60.3 Å². The summed E-state index contributed by atoms with van der Waals surface area (Å²) in [6, 6.07) is 70.0. The minimum Gasteiger partial charge on any atom is -0.228 e. The second-order valence-corrected chi connectivity index (χ2v) is 17.4. The van der Waals surface area contributed by atoms with Crippen LogP contribution in [0.1, 0.15) is 0 Å². The molecule has 7 aromatic carbocycles. The lowest BCUT2D eigenvalue weighted by atomic mass is 10.1. The standard InChI is InChI=1S/C46H32N2SSi/c1-5-17-33(18-6-1)41-32-42(34-19-7-2-8-20-34)48-46(47-41)35-21-15-26-38(31-35)50(36-22-9-3-10-23-36,37-24-11-4-12-25-37)44-30-16-28-40-39-27-13-14-29-43(39)49-45(40)44/h1-32H. The van der Waals surface area contributed by atoms with E-state index in [0.717, 1.165) is 33.9 Å². The summed E-state index contributed by atoms with van der Waals surface area (Å²) in [5, 5.41) is 8.01. The Morgan fingerprint density at radius 1 is 0.380 bits per heavy atom. The second kappa shape index (κ2) is 12.8. The third kappa shape index (κ3) is 5.17. The molecular weight excluding hydrogens is 641 g/mol. The number of hydrogen-bond donors (Lipinski definition) is 0.